The Hall–Kier alpha value is -2.67. The van der Waals surface area contributed by atoms with Crippen molar-refractivity contribution in [1.29, 1.82) is 0 Å². The number of nitrogens with one attached hydrogen (secondary N) is 1. The highest BCUT2D eigenvalue weighted by atomic mass is 16.5. The molecule has 1 fully saturated rings. The molecule has 1 N–H and O–H groups in total. The number of aromatic nitrogens is 4. The summed E-state index contributed by atoms with van der Waals surface area (Å²) < 4.78 is 7.27. The van der Waals surface area contributed by atoms with Crippen LogP contribution in [0.15, 0.2) is 47.4 Å². The highest BCUT2D eigenvalue weighted by Crippen LogP contribution is 2.22. The first-order chi connectivity index (χ1) is 12.3. The minimum atomic E-state index is 0.628. The van der Waals surface area contributed by atoms with Gasteiger partial charge in [-0.25, -0.2) is 4.98 Å². The summed E-state index contributed by atoms with van der Waals surface area (Å²) in [6, 6.07) is 7.94. The fourth-order valence-electron chi connectivity index (χ4n) is 3.24. The molecule has 130 valence electrons. The summed E-state index contributed by atoms with van der Waals surface area (Å²) in [6.07, 6.45) is 6.74. The Balaban J connectivity index is 1.29. The van der Waals surface area contributed by atoms with E-state index < -0.39 is 0 Å². The molecule has 4 heterocycles. The van der Waals surface area contributed by atoms with Crippen molar-refractivity contribution in [1.82, 2.24) is 24.8 Å². The summed E-state index contributed by atoms with van der Waals surface area (Å²) in [5.74, 6) is 2.47. The quantitative estimate of drug-likeness (QED) is 0.744. The van der Waals surface area contributed by atoms with Crippen molar-refractivity contribution in [2.75, 3.05) is 25.0 Å². The lowest BCUT2D eigenvalue weighted by Crippen LogP contribution is -2.22. The van der Waals surface area contributed by atoms with E-state index in [1.54, 1.807) is 10.9 Å². The standard InChI is InChI=1S/C18H22N6O/c1-23-12-15(10-21-23)17-8-16(25-22-17)13-24-7-5-14(11-24)9-20-18-4-2-3-6-19-18/h2-4,6,8,10,12,14H,5,7,9,11,13H2,1H3,(H,19,20). The molecule has 1 atom stereocenters. The van der Waals surface area contributed by atoms with Crippen LogP contribution in [0.4, 0.5) is 5.82 Å². The lowest BCUT2D eigenvalue weighted by Gasteiger charge is -2.14. The molecule has 0 amide bonds. The highest BCUT2D eigenvalue weighted by Gasteiger charge is 2.23. The lowest BCUT2D eigenvalue weighted by atomic mass is 10.1. The molecule has 0 bridgehead atoms. The second kappa shape index (κ2) is 7.06. The predicted octanol–water partition coefficient (Wildman–Crippen LogP) is 2.40. The first-order valence-corrected chi connectivity index (χ1v) is 8.58. The van der Waals surface area contributed by atoms with E-state index in [1.807, 2.05) is 43.7 Å². The third-order valence-electron chi connectivity index (χ3n) is 4.55. The molecule has 0 spiro atoms. The van der Waals surface area contributed by atoms with E-state index in [-0.39, 0.29) is 0 Å². The normalized spacial score (nSPS) is 17.9. The van der Waals surface area contributed by atoms with Crippen LogP contribution in [0.3, 0.4) is 0 Å². The van der Waals surface area contributed by atoms with Gasteiger partial charge in [0.05, 0.1) is 12.7 Å². The topological polar surface area (TPSA) is 72.0 Å². The summed E-state index contributed by atoms with van der Waals surface area (Å²) >= 11 is 0. The van der Waals surface area contributed by atoms with Gasteiger partial charge in [0.2, 0.25) is 0 Å². The smallest absolute Gasteiger partial charge is 0.151 e. The van der Waals surface area contributed by atoms with Crippen molar-refractivity contribution in [3.63, 3.8) is 0 Å². The van der Waals surface area contributed by atoms with E-state index in [0.717, 1.165) is 49.0 Å². The van der Waals surface area contributed by atoms with Gasteiger partial charge in [-0.15, -0.1) is 0 Å². The number of pyridine rings is 1. The van der Waals surface area contributed by atoms with Crippen molar-refractivity contribution in [3.05, 3.63) is 48.6 Å². The molecule has 4 rings (SSSR count). The average Bonchev–Trinajstić information content (AvgIpc) is 3.36. The highest BCUT2D eigenvalue weighted by molar-refractivity contribution is 5.56. The van der Waals surface area contributed by atoms with E-state index in [2.05, 4.69) is 25.5 Å². The Kier molecular flexibility index (Phi) is 4.47. The van der Waals surface area contributed by atoms with Crippen molar-refractivity contribution in [2.24, 2.45) is 13.0 Å². The minimum absolute atomic E-state index is 0.628. The van der Waals surface area contributed by atoms with Crippen molar-refractivity contribution >= 4 is 5.82 Å². The first-order valence-electron chi connectivity index (χ1n) is 8.58. The van der Waals surface area contributed by atoms with Crippen LogP contribution >= 0.6 is 0 Å². The van der Waals surface area contributed by atoms with E-state index in [0.29, 0.717) is 5.92 Å². The molecule has 1 unspecified atom stereocenters. The van der Waals surface area contributed by atoms with Crippen LogP contribution in [0.2, 0.25) is 0 Å². The van der Waals surface area contributed by atoms with Crippen molar-refractivity contribution in [3.8, 4) is 11.3 Å². The summed E-state index contributed by atoms with van der Waals surface area (Å²) in [6.45, 7) is 3.89. The monoisotopic (exact) mass is 338 g/mol. The molecule has 3 aromatic heterocycles. The van der Waals surface area contributed by atoms with Crippen molar-refractivity contribution in [2.45, 2.75) is 13.0 Å². The van der Waals surface area contributed by atoms with E-state index in [4.69, 9.17) is 4.52 Å². The molecule has 25 heavy (non-hydrogen) atoms. The molecule has 0 radical (unpaired) electrons. The van der Waals surface area contributed by atoms with E-state index >= 15 is 0 Å². The van der Waals surface area contributed by atoms with E-state index in [1.165, 1.54) is 6.42 Å². The second-order valence-electron chi connectivity index (χ2n) is 6.57. The molecule has 7 nitrogen and oxygen atoms in total. The molecule has 0 aromatic carbocycles. The van der Waals surface area contributed by atoms with Crippen LogP contribution in [0.1, 0.15) is 12.2 Å². The maximum atomic E-state index is 5.50. The number of likely N-dealkylation sites (tertiary alicyclic amines) is 1. The van der Waals surface area contributed by atoms with Gasteiger partial charge in [0.25, 0.3) is 0 Å². The van der Waals surface area contributed by atoms with Gasteiger partial charge in [-0.3, -0.25) is 9.58 Å². The third-order valence-corrected chi connectivity index (χ3v) is 4.55. The zero-order valence-corrected chi connectivity index (χ0v) is 14.3. The molecule has 7 heteroatoms. The molecule has 1 aliphatic rings. The number of hydrogen-bond acceptors (Lipinski definition) is 6. The van der Waals surface area contributed by atoms with Gasteiger partial charge in [-0.2, -0.15) is 5.10 Å². The number of hydrogen-bond donors (Lipinski definition) is 1. The Morgan fingerprint density at radius 2 is 2.32 bits per heavy atom. The lowest BCUT2D eigenvalue weighted by molar-refractivity contribution is 0.267. The van der Waals surface area contributed by atoms with Gasteiger partial charge < -0.3 is 9.84 Å². The number of rotatable bonds is 6. The number of nitrogens with zero attached hydrogens (tertiary/aromatic N) is 5. The Bertz CT molecular complexity index is 812. The molecule has 1 saturated heterocycles. The summed E-state index contributed by atoms with van der Waals surface area (Å²) in [5.41, 5.74) is 1.83. The average molecular weight is 338 g/mol. The molecule has 0 saturated carbocycles. The van der Waals surface area contributed by atoms with E-state index in [9.17, 15) is 0 Å². The van der Waals surface area contributed by atoms with Crippen LogP contribution in [0.5, 0.6) is 0 Å². The van der Waals surface area contributed by atoms with Gasteiger partial charge in [0.15, 0.2) is 5.76 Å². The van der Waals surface area contributed by atoms with Gasteiger partial charge in [0.1, 0.15) is 11.5 Å². The minimum Gasteiger partial charge on any atom is -0.370 e. The summed E-state index contributed by atoms with van der Waals surface area (Å²) in [5, 5.41) is 11.8. The van der Waals surface area contributed by atoms with Gasteiger partial charge >= 0.3 is 0 Å². The first kappa shape index (κ1) is 15.8. The number of anilines is 1. The Morgan fingerprint density at radius 3 is 3.12 bits per heavy atom. The fraction of sp³-hybridized carbons (Fsp3) is 0.389. The van der Waals surface area contributed by atoms with Gasteiger partial charge in [-0.05, 0) is 31.0 Å². The fourth-order valence-corrected chi connectivity index (χ4v) is 3.24. The molecule has 1 aliphatic heterocycles. The zero-order chi connectivity index (χ0) is 17.1. The van der Waals surface area contributed by atoms with Crippen LogP contribution in [-0.2, 0) is 13.6 Å². The zero-order valence-electron chi connectivity index (χ0n) is 14.3. The molecule has 0 aliphatic carbocycles. The van der Waals surface area contributed by atoms with Crippen LogP contribution in [0, 0.1) is 5.92 Å². The van der Waals surface area contributed by atoms with Gasteiger partial charge in [0, 0.05) is 44.2 Å². The SMILES string of the molecule is Cn1cc(-c2cc(CN3CCC(CNc4ccccn4)C3)on2)cn1. The van der Waals surface area contributed by atoms with Crippen LogP contribution in [0.25, 0.3) is 11.3 Å². The van der Waals surface area contributed by atoms with Crippen LogP contribution < -0.4 is 5.32 Å². The Labute approximate surface area is 146 Å². The number of aryl methyl sites for hydroxylation is 1. The molecular weight excluding hydrogens is 316 g/mol. The molecular formula is C18H22N6O. The molecule has 3 aromatic rings. The van der Waals surface area contributed by atoms with Crippen molar-refractivity contribution < 1.29 is 4.52 Å². The predicted molar refractivity (Wildman–Crippen MR) is 94.8 cm³/mol. The maximum absolute atomic E-state index is 5.50. The van der Waals surface area contributed by atoms with Gasteiger partial charge in [-0.1, -0.05) is 11.2 Å². The summed E-state index contributed by atoms with van der Waals surface area (Å²) in [4.78, 5) is 6.72. The van der Waals surface area contributed by atoms with Crippen LogP contribution in [-0.4, -0.2) is 44.5 Å². The third kappa shape index (κ3) is 3.88. The summed E-state index contributed by atoms with van der Waals surface area (Å²) in [7, 11) is 1.90. The largest absolute Gasteiger partial charge is 0.370 e. The Morgan fingerprint density at radius 1 is 1.36 bits per heavy atom. The second-order valence-corrected chi connectivity index (χ2v) is 6.57. The maximum Gasteiger partial charge on any atom is 0.151 e.